The highest BCUT2D eigenvalue weighted by Crippen LogP contribution is 2.21. The summed E-state index contributed by atoms with van der Waals surface area (Å²) >= 11 is 0. The van der Waals surface area contributed by atoms with Gasteiger partial charge in [0.25, 0.3) is 0 Å². The second-order valence-corrected chi connectivity index (χ2v) is 9.55. The fraction of sp³-hybridized carbons (Fsp3) is 0.593. The number of hydrogen-bond acceptors (Lipinski definition) is 5. The van der Waals surface area contributed by atoms with Gasteiger partial charge in [-0.15, -0.1) is 0 Å². The zero-order valence-corrected chi connectivity index (χ0v) is 21.3. The van der Waals surface area contributed by atoms with Crippen LogP contribution in [0.5, 0.6) is 0 Å². The molecule has 2 atom stereocenters. The van der Waals surface area contributed by atoms with Crippen molar-refractivity contribution in [3.63, 3.8) is 0 Å². The third kappa shape index (κ3) is 10.5. The molecule has 35 heavy (non-hydrogen) atoms. The van der Waals surface area contributed by atoms with Crippen molar-refractivity contribution in [2.45, 2.75) is 83.5 Å². The number of ether oxygens (including phenoxy) is 2. The fourth-order valence-corrected chi connectivity index (χ4v) is 3.70. The third-order valence-corrected chi connectivity index (χ3v) is 5.90. The minimum absolute atomic E-state index is 0.146. The summed E-state index contributed by atoms with van der Waals surface area (Å²) < 4.78 is 10.8. The number of allylic oxidation sites excluding steroid dienone is 4. The normalized spacial score (nSPS) is 18.6. The summed E-state index contributed by atoms with van der Waals surface area (Å²) in [6.07, 6.45) is 10.4. The Morgan fingerprint density at radius 1 is 1.09 bits per heavy atom. The molecule has 3 N–H and O–H groups in total. The van der Waals surface area contributed by atoms with Crippen LogP contribution in [0, 0.1) is 5.92 Å². The molecule has 2 fully saturated rings. The summed E-state index contributed by atoms with van der Waals surface area (Å²) in [6, 6.07) is -1.29. The Labute approximate surface area is 209 Å². The molecule has 1 heterocycles. The fourth-order valence-electron chi connectivity index (χ4n) is 3.70. The van der Waals surface area contributed by atoms with Gasteiger partial charge in [-0.1, -0.05) is 51.3 Å². The van der Waals surface area contributed by atoms with Gasteiger partial charge in [0, 0.05) is 24.5 Å². The number of rotatable bonds is 13. The van der Waals surface area contributed by atoms with E-state index in [0.717, 1.165) is 18.4 Å². The van der Waals surface area contributed by atoms with E-state index in [2.05, 4.69) is 29.1 Å². The van der Waals surface area contributed by atoms with Crippen molar-refractivity contribution in [3.8, 4) is 0 Å². The molecule has 1 unspecified atom stereocenters. The minimum atomic E-state index is -0.809. The van der Waals surface area contributed by atoms with Crippen molar-refractivity contribution in [1.82, 2.24) is 16.0 Å². The zero-order chi connectivity index (χ0) is 25.8. The van der Waals surface area contributed by atoms with Gasteiger partial charge < -0.3 is 25.4 Å². The van der Waals surface area contributed by atoms with E-state index >= 15 is 0 Å². The Morgan fingerprint density at radius 3 is 2.34 bits per heavy atom. The second-order valence-electron chi connectivity index (χ2n) is 9.55. The third-order valence-electron chi connectivity index (χ3n) is 5.90. The Kier molecular flexibility index (Phi) is 11.8. The molecule has 1 aliphatic carbocycles. The predicted molar refractivity (Wildman–Crippen MR) is 137 cm³/mol. The molecule has 8 nitrogen and oxygen atoms in total. The van der Waals surface area contributed by atoms with Gasteiger partial charge in [-0.2, -0.15) is 0 Å². The summed E-state index contributed by atoms with van der Waals surface area (Å²) in [5, 5.41) is 8.60. The maximum absolute atomic E-state index is 13.3. The first-order valence-electron chi connectivity index (χ1n) is 12.5. The summed E-state index contributed by atoms with van der Waals surface area (Å²) in [4.78, 5) is 38.6. The highest BCUT2D eigenvalue weighted by Gasteiger charge is 2.31. The molecule has 0 radical (unpaired) electrons. The molecule has 8 heteroatoms. The lowest BCUT2D eigenvalue weighted by Crippen LogP contribution is -2.52. The van der Waals surface area contributed by atoms with Crippen LogP contribution in [0.1, 0.15) is 59.3 Å². The van der Waals surface area contributed by atoms with Crippen LogP contribution in [0.25, 0.3) is 0 Å². The topological polar surface area (TPSA) is 106 Å². The van der Waals surface area contributed by atoms with E-state index < -0.39 is 18.2 Å². The molecule has 2 rings (SSSR count). The van der Waals surface area contributed by atoms with E-state index in [-0.39, 0.29) is 35.5 Å². The predicted octanol–water partition coefficient (Wildman–Crippen LogP) is 3.70. The number of alkyl carbamates (subject to hydrolysis) is 1. The quantitative estimate of drug-likeness (QED) is 0.271. The SMILES string of the molecule is C=C/C(=C\C=C/C)C[C@H](NC(=O)C(CC(C)C)NC(=O)OC1CCOCC1)C(=C)C(=O)NC1CC1. The van der Waals surface area contributed by atoms with Crippen molar-refractivity contribution >= 4 is 17.9 Å². The number of carbonyl (C=O) groups excluding carboxylic acids is 3. The average molecular weight is 488 g/mol. The van der Waals surface area contributed by atoms with Crippen LogP contribution >= 0.6 is 0 Å². The Hall–Kier alpha value is -2.87. The molecule has 3 amide bonds. The molecule has 194 valence electrons. The molecule has 0 aromatic carbocycles. The number of hydrogen-bond donors (Lipinski definition) is 3. The first kappa shape index (κ1) is 28.4. The van der Waals surface area contributed by atoms with Gasteiger partial charge in [-0.3, -0.25) is 9.59 Å². The summed E-state index contributed by atoms with van der Waals surface area (Å²) in [7, 11) is 0. The van der Waals surface area contributed by atoms with E-state index in [9.17, 15) is 14.4 Å². The highest BCUT2D eigenvalue weighted by atomic mass is 16.6. The van der Waals surface area contributed by atoms with Crippen molar-refractivity contribution in [2.75, 3.05) is 13.2 Å². The van der Waals surface area contributed by atoms with Crippen molar-refractivity contribution < 1.29 is 23.9 Å². The number of nitrogens with one attached hydrogen (secondary N) is 3. The standard InChI is InChI=1S/C27H41N3O5/c1-6-8-9-20(7-2)17-23(19(5)25(31)28-21-10-11-21)29-26(32)24(16-18(3)4)30-27(33)35-22-12-14-34-15-13-22/h6-9,18,21-24H,2,5,10-17H2,1,3-4H3,(H,28,31)(H,29,32)(H,30,33)/b8-6-,20-9+/t23-,24?/m0/s1. The summed E-state index contributed by atoms with van der Waals surface area (Å²) in [5.41, 5.74) is 1.12. The number of carbonyl (C=O) groups is 3. The molecular formula is C27H41N3O5. The largest absolute Gasteiger partial charge is 0.446 e. The highest BCUT2D eigenvalue weighted by molar-refractivity contribution is 5.96. The molecule has 0 spiro atoms. The van der Waals surface area contributed by atoms with E-state index in [0.29, 0.717) is 38.9 Å². The van der Waals surface area contributed by atoms with E-state index in [4.69, 9.17) is 9.47 Å². The Balaban J connectivity index is 2.12. The van der Waals surface area contributed by atoms with Gasteiger partial charge in [0.2, 0.25) is 11.8 Å². The van der Waals surface area contributed by atoms with Gasteiger partial charge in [0.05, 0.1) is 19.3 Å². The van der Waals surface area contributed by atoms with Crippen molar-refractivity contribution in [3.05, 3.63) is 48.6 Å². The van der Waals surface area contributed by atoms with E-state index in [1.165, 1.54) is 0 Å². The molecule has 1 saturated heterocycles. The van der Waals surface area contributed by atoms with Crippen molar-refractivity contribution in [2.24, 2.45) is 5.92 Å². The van der Waals surface area contributed by atoms with Crippen molar-refractivity contribution in [1.29, 1.82) is 0 Å². The lowest BCUT2D eigenvalue weighted by atomic mass is 9.97. The van der Waals surface area contributed by atoms with E-state index in [1.807, 2.05) is 39.0 Å². The van der Waals surface area contributed by atoms with Gasteiger partial charge in [-0.05, 0) is 44.1 Å². The van der Waals surface area contributed by atoms with Crippen LogP contribution in [0.3, 0.4) is 0 Å². The summed E-state index contributed by atoms with van der Waals surface area (Å²) in [6.45, 7) is 14.8. The van der Waals surface area contributed by atoms with Crippen LogP contribution in [-0.2, 0) is 19.1 Å². The Bertz CT molecular complexity index is 823. The van der Waals surface area contributed by atoms with Crippen LogP contribution < -0.4 is 16.0 Å². The van der Waals surface area contributed by atoms with Crippen LogP contribution in [0.4, 0.5) is 4.79 Å². The molecule has 1 aliphatic heterocycles. The van der Waals surface area contributed by atoms with Crippen LogP contribution in [-0.4, -0.2) is 55.4 Å². The maximum atomic E-state index is 13.3. The molecule has 2 aliphatic rings. The molecular weight excluding hydrogens is 446 g/mol. The number of amides is 3. The van der Waals surface area contributed by atoms with Gasteiger partial charge >= 0.3 is 6.09 Å². The first-order valence-corrected chi connectivity index (χ1v) is 12.5. The van der Waals surface area contributed by atoms with Gasteiger partial charge in [-0.25, -0.2) is 4.79 Å². The lowest BCUT2D eigenvalue weighted by Gasteiger charge is -2.27. The lowest BCUT2D eigenvalue weighted by molar-refractivity contribution is -0.124. The molecule has 0 aromatic rings. The smallest absolute Gasteiger partial charge is 0.408 e. The van der Waals surface area contributed by atoms with E-state index in [1.54, 1.807) is 6.08 Å². The molecule has 1 saturated carbocycles. The Morgan fingerprint density at radius 2 is 1.77 bits per heavy atom. The first-order chi connectivity index (χ1) is 16.7. The van der Waals surface area contributed by atoms with Gasteiger partial charge in [0.1, 0.15) is 12.1 Å². The second kappa shape index (κ2) is 14.5. The minimum Gasteiger partial charge on any atom is -0.446 e. The molecule has 0 aromatic heterocycles. The van der Waals surface area contributed by atoms with Crippen LogP contribution in [0.15, 0.2) is 48.6 Å². The summed E-state index contributed by atoms with van der Waals surface area (Å²) in [5.74, 6) is -0.519. The monoisotopic (exact) mass is 487 g/mol. The zero-order valence-electron chi connectivity index (χ0n) is 21.3. The maximum Gasteiger partial charge on any atom is 0.408 e. The molecule has 0 bridgehead atoms. The van der Waals surface area contributed by atoms with Gasteiger partial charge in [0.15, 0.2) is 0 Å². The average Bonchev–Trinajstić information content (AvgIpc) is 3.64. The van der Waals surface area contributed by atoms with Crippen LogP contribution in [0.2, 0.25) is 0 Å².